The Labute approximate surface area is 158 Å². The number of carbonyl (C=O) groups is 3. The normalized spacial score (nSPS) is 14.1. The van der Waals surface area contributed by atoms with E-state index < -0.39 is 0 Å². The van der Waals surface area contributed by atoms with Crippen molar-refractivity contribution in [3.05, 3.63) is 65.2 Å². The third-order valence-corrected chi connectivity index (χ3v) is 4.66. The lowest BCUT2D eigenvalue weighted by Crippen LogP contribution is -2.32. The molecule has 3 rings (SSSR count). The van der Waals surface area contributed by atoms with Gasteiger partial charge in [-0.05, 0) is 43.2 Å². The summed E-state index contributed by atoms with van der Waals surface area (Å²) in [5, 5.41) is 2.93. The van der Waals surface area contributed by atoms with Crippen molar-refractivity contribution < 1.29 is 19.1 Å². The number of nitrogens with zero attached hydrogens (tertiary/aromatic N) is 1. The highest BCUT2D eigenvalue weighted by molar-refractivity contribution is 6.21. The molecular weight excluding hydrogens is 344 g/mol. The lowest BCUT2D eigenvalue weighted by atomic mass is 10.1. The van der Waals surface area contributed by atoms with Gasteiger partial charge in [-0.3, -0.25) is 19.3 Å². The van der Waals surface area contributed by atoms with E-state index in [-0.39, 0.29) is 36.7 Å². The van der Waals surface area contributed by atoms with E-state index in [0.29, 0.717) is 17.5 Å². The third kappa shape index (κ3) is 4.00. The Bertz CT molecular complexity index is 826. The maximum Gasteiger partial charge on any atom is 0.261 e. The molecule has 2 aromatic rings. The number of amides is 3. The zero-order chi connectivity index (χ0) is 19.4. The molecule has 0 aromatic heterocycles. The highest BCUT2D eigenvalue weighted by Gasteiger charge is 2.34. The molecule has 0 radical (unpaired) electrons. The molecular formula is C21H22N2O4. The number of fused-ring (bicyclic) bond motifs is 1. The van der Waals surface area contributed by atoms with E-state index in [4.69, 9.17) is 4.74 Å². The molecule has 1 N–H and O–H groups in total. The highest BCUT2D eigenvalue weighted by atomic mass is 16.5. The number of rotatable bonds is 7. The fraction of sp³-hybridized carbons (Fsp3) is 0.286. The maximum atomic E-state index is 12.3. The quantitative estimate of drug-likeness (QED) is 0.765. The Morgan fingerprint density at radius 3 is 2.19 bits per heavy atom. The molecule has 0 spiro atoms. The summed E-state index contributed by atoms with van der Waals surface area (Å²) in [6.07, 6.45) is 0.667. The monoisotopic (exact) mass is 366 g/mol. The van der Waals surface area contributed by atoms with Crippen LogP contribution in [0.5, 0.6) is 5.75 Å². The number of hydrogen-bond acceptors (Lipinski definition) is 4. The predicted molar refractivity (Wildman–Crippen MR) is 101 cm³/mol. The molecule has 0 bridgehead atoms. The van der Waals surface area contributed by atoms with E-state index in [1.807, 2.05) is 31.2 Å². The van der Waals surface area contributed by atoms with Gasteiger partial charge in [0, 0.05) is 13.0 Å². The van der Waals surface area contributed by atoms with Crippen LogP contribution in [-0.2, 0) is 4.79 Å². The number of carbonyl (C=O) groups excluding carboxylic acids is 3. The molecule has 0 aliphatic carbocycles. The zero-order valence-corrected chi connectivity index (χ0v) is 15.4. The van der Waals surface area contributed by atoms with Gasteiger partial charge in [0.1, 0.15) is 5.75 Å². The van der Waals surface area contributed by atoms with Gasteiger partial charge >= 0.3 is 0 Å². The molecule has 3 amide bonds. The topological polar surface area (TPSA) is 75.7 Å². The standard InChI is InChI=1S/C21H22N2O4/c1-14(15-9-11-16(27-2)12-10-15)22-19(24)8-5-13-23-20(25)17-6-3-4-7-18(17)21(23)26/h3-4,6-7,9-12,14H,5,8,13H2,1-2H3,(H,22,24)/t14-/m0/s1. The molecule has 140 valence electrons. The highest BCUT2D eigenvalue weighted by Crippen LogP contribution is 2.23. The van der Waals surface area contributed by atoms with E-state index in [1.165, 1.54) is 4.90 Å². The first kappa shape index (κ1) is 18.6. The summed E-state index contributed by atoms with van der Waals surface area (Å²) in [6, 6.07) is 14.1. The van der Waals surface area contributed by atoms with Gasteiger partial charge in [0.15, 0.2) is 0 Å². The summed E-state index contributed by atoms with van der Waals surface area (Å²) in [5.74, 6) is 0.0679. The first-order chi connectivity index (χ1) is 13.0. The SMILES string of the molecule is COc1ccc([C@H](C)NC(=O)CCCN2C(=O)c3ccccc3C2=O)cc1. The Kier molecular flexibility index (Phi) is 5.54. The van der Waals surface area contributed by atoms with Crippen molar-refractivity contribution in [2.24, 2.45) is 0 Å². The minimum Gasteiger partial charge on any atom is -0.497 e. The molecule has 1 heterocycles. The van der Waals surface area contributed by atoms with Crippen LogP contribution >= 0.6 is 0 Å². The van der Waals surface area contributed by atoms with Crippen LogP contribution in [0.3, 0.4) is 0 Å². The third-order valence-electron chi connectivity index (χ3n) is 4.66. The lowest BCUT2D eigenvalue weighted by molar-refractivity contribution is -0.121. The molecule has 2 aromatic carbocycles. The molecule has 1 aliphatic heterocycles. The van der Waals surface area contributed by atoms with Gasteiger partial charge in [0.05, 0.1) is 24.3 Å². The molecule has 1 atom stereocenters. The molecule has 27 heavy (non-hydrogen) atoms. The molecule has 0 fully saturated rings. The molecule has 6 heteroatoms. The van der Waals surface area contributed by atoms with Crippen LogP contribution in [0.15, 0.2) is 48.5 Å². The second-order valence-corrected chi connectivity index (χ2v) is 6.47. The lowest BCUT2D eigenvalue weighted by Gasteiger charge is -2.16. The van der Waals surface area contributed by atoms with Crippen molar-refractivity contribution in [3.8, 4) is 5.75 Å². The average molecular weight is 366 g/mol. The summed E-state index contributed by atoms with van der Waals surface area (Å²) >= 11 is 0. The van der Waals surface area contributed by atoms with Crippen LogP contribution < -0.4 is 10.1 Å². The Morgan fingerprint density at radius 2 is 1.63 bits per heavy atom. The maximum absolute atomic E-state index is 12.3. The Hall–Kier alpha value is -3.15. The van der Waals surface area contributed by atoms with Crippen molar-refractivity contribution >= 4 is 17.7 Å². The van der Waals surface area contributed by atoms with Gasteiger partial charge < -0.3 is 10.1 Å². The average Bonchev–Trinajstić information content (AvgIpc) is 2.93. The van der Waals surface area contributed by atoms with E-state index in [2.05, 4.69) is 5.32 Å². The van der Waals surface area contributed by atoms with Crippen molar-refractivity contribution in [2.75, 3.05) is 13.7 Å². The molecule has 0 saturated carbocycles. The largest absolute Gasteiger partial charge is 0.497 e. The minimum atomic E-state index is -0.289. The van der Waals surface area contributed by atoms with Gasteiger partial charge in [-0.15, -0.1) is 0 Å². The number of nitrogens with one attached hydrogen (secondary N) is 1. The Morgan fingerprint density at radius 1 is 1.04 bits per heavy atom. The van der Waals surface area contributed by atoms with E-state index in [0.717, 1.165) is 11.3 Å². The predicted octanol–water partition coefficient (Wildman–Crippen LogP) is 2.95. The van der Waals surface area contributed by atoms with Crippen LogP contribution in [0, 0.1) is 0 Å². The first-order valence-corrected chi connectivity index (χ1v) is 8.90. The number of benzene rings is 2. The fourth-order valence-electron chi connectivity index (χ4n) is 3.13. The summed E-state index contributed by atoms with van der Waals surface area (Å²) in [7, 11) is 1.61. The molecule has 6 nitrogen and oxygen atoms in total. The number of hydrogen-bond donors (Lipinski definition) is 1. The van der Waals surface area contributed by atoms with Gasteiger partial charge in [0.25, 0.3) is 11.8 Å². The van der Waals surface area contributed by atoms with E-state index in [9.17, 15) is 14.4 Å². The summed E-state index contributed by atoms with van der Waals surface area (Å²) < 4.78 is 5.13. The van der Waals surface area contributed by atoms with E-state index >= 15 is 0 Å². The minimum absolute atomic E-state index is 0.116. The van der Waals surface area contributed by atoms with Crippen LogP contribution in [0.25, 0.3) is 0 Å². The summed E-state index contributed by atoms with van der Waals surface area (Å²) in [6.45, 7) is 2.14. The second kappa shape index (κ2) is 8.03. The van der Waals surface area contributed by atoms with Crippen molar-refractivity contribution in [3.63, 3.8) is 0 Å². The smallest absolute Gasteiger partial charge is 0.261 e. The van der Waals surface area contributed by atoms with Crippen molar-refractivity contribution in [1.29, 1.82) is 0 Å². The van der Waals surface area contributed by atoms with Gasteiger partial charge in [0.2, 0.25) is 5.91 Å². The fourth-order valence-corrected chi connectivity index (χ4v) is 3.13. The van der Waals surface area contributed by atoms with Crippen LogP contribution in [0.4, 0.5) is 0 Å². The summed E-state index contributed by atoms with van der Waals surface area (Å²) in [4.78, 5) is 38.0. The van der Waals surface area contributed by atoms with Crippen molar-refractivity contribution in [1.82, 2.24) is 10.2 Å². The molecule has 1 aliphatic rings. The molecule has 0 unspecified atom stereocenters. The second-order valence-electron chi connectivity index (χ2n) is 6.47. The number of methoxy groups -OCH3 is 1. The first-order valence-electron chi connectivity index (χ1n) is 8.90. The number of imide groups is 1. The van der Waals surface area contributed by atoms with Crippen LogP contribution in [0.1, 0.15) is 52.1 Å². The van der Waals surface area contributed by atoms with Gasteiger partial charge in [-0.25, -0.2) is 0 Å². The van der Waals surface area contributed by atoms with E-state index in [1.54, 1.807) is 31.4 Å². The zero-order valence-electron chi connectivity index (χ0n) is 15.4. The molecule has 0 saturated heterocycles. The number of ether oxygens (including phenoxy) is 1. The summed E-state index contributed by atoms with van der Waals surface area (Å²) in [5.41, 5.74) is 1.84. The van der Waals surface area contributed by atoms with Crippen LogP contribution in [-0.4, -0.2) is 36.3 Å². The Balaban J connectivity index is 1.48. The van der Waals surface area contributed by atoms with Crippen molar-refractivity contribution in [2.45, 2.75) is 25.8 Å². The van der Waals surface area contributed by atoms with Crippen LogP contribution in [0.2, 0.25) is 0 Å². The van der Waals surface area contributed by atoms with Gasteiger partial charge in [-0.2, -0.15) is 0 Å². The van der Waals surface area contributed by atoms with Gasteiger partial charge in [-0.1, -0.05) is 24.3 Å².